The lowest BCUT2D eigenvalue weighted by atomic mass is 10.1. The van der Waals surface area contributed by atoms with Gasteiger partial charge in [-0.05, 0) is 37.3 Å². The van der Waals surface area contributed by atoms with Crippen molar-refractivity contribution in [3.63, 3.8) is 0 Å². The summed E-state index contributed by atoms with van der Waals surface area (Å²) in [5, 5.41) is 2.71. The Morgan fingerprint density at radius 2 is 1.54 bits per heavy atom. The van der Waals surface area contributed by atoms with Crippen molar-refractivity contribution in [2.45, 2.75) is 6.92 Å². The third-order valence-corrected chi connectivity index (χ3v) is 3.73. The van der Waals surface area contributed by atoms with Crippen molar-refractivity contribution in [1.82, 2.24) is 0 Å². The smallest absolute Gasteiger partial charge is 0.255 e. The fraction of sp³-hybridized carbons (Fsp3) is 0.0417. The second kappa shape index (κ2) is 9.88. The van der Waals surface area contributed by atoms with Gasteiger partial charge in [-0.3, -0.25) is 4.79 Å². The maximum absolute atomic E-state index is 13.0. The quantitative estimate of drug-likeness (QED) is 0.335. The largest absolute Gasteiger partial charge is 0.457 e. The van der Waals surface area contributed by atoms with Crippen LogP contribution in [0.2, 0.25) is 0 Å². The molecule has 0 aliphatic rings. The van der Waals surface area contributed by atoms with Gasteiger partial charge in [0.15, 0.2) is 0 Å². The van der Waals surface area contributed by atoms with Gasteiger partial charge in [0, 0.05) is 22.4 Å². The average molecular weight is 375 g/mol. The lowest BCUT2D eigenvalue weighted by molar-refractivity contribution is -0.112. The number of allylic oxidation sites excluding steroid dienone is 3. The minimum Gasteiger partial charge on any atom is -0.457 e. The predicted molar refractivity (Wildman–Crippen MR) is 114 cm³/mol. The van der Waals surface area contributed by atoms with Crippen LogP contribution in [-0.4, -0.2) is 5.91 Å². The summed E-state index contributed by atoms with van der Waals surface area (Å²) in [4.78, 5) is 12.3. The van der Waals surface area contributed by atoms with Crippen LogP contribution in [0.15, 0.2) is 104 Å². The molecule has 0 atom stereocenters. The summed E-state index contributed by atoms with van der Waals surface area (Å²) in [5.74, 6) is -0.187. The molecule has 0 aliphatic carbocycles. The summed E-state index contributed by atoms with van der Waals surface area (Å²) < 4.78 is 18.7. The predicted octanol–water partition coefficient (Wildman–Crippen LogP) is 6.27. The van der Waals surface area contributed by atoms with Crippen molar-refractivity contribution in [1.29, 1.82) is 0 Å². The molecule has 2 rings (SSSR count). The molecule has 0 saturated carbocycles. The molecule has 0 fully saturated rings. The van der Waals surface area contributed by atoms with Gasteiger partial charge in [-0.25, -0.2) is 4.39 Å². The van der Waals surface area contributed by atoms with E-state index in [4.69, 9.17) is 4.74 Å². The SMILES string of the molecule is C=C(F)/C=C(\C=CC)C(=O)Nc1ccc(C(=C)OC(=C)c2ccccc2)cc1. The highest BCUT2D eigenvalue weighted by atomic mass is 19.1. The number of carbonyl (C=O) groups is 1. The number of carbonyl (C=O) groups excluding carboxylic acids is 1. The van der Waals surface area contributed by atoms with Crippen molar-refractivity contribution >= 4 is 23.1 Å². The molecule has 2 aromatic carbocycles. The highest BCUT2D eigenvalue weighted by molar-refractivity contribution is 6.06. The van der Waals surface area contributed by atoms with E-state index < -0.39 is 11.7 Å². The van der Waals surface area contributed by atoms with Crippen LogP contribution in [0.5, 0.6) is 0 Å². The summed E-state index contributed by atoms with van der Waals surface area (Å²) in [6.07, 6.45) is 4.24. The fourth-order valence-electron chi connectivity index (χ4n) is 2.37. The molecule has 0 heterocycles. The van der Waals surface area contributed by atoms with Gasteiger partial charge >= 0.3 is 0 Å². The third-order valence-electron chi connectivity index (χ3n) is 3.73. The van der Waals surface area contributed by atoms with Crippen molar-refractivity contribution < 1.29 is 13.9 Å². The van der Waals surface area contributed by atoms with Crippen LogP contribution in [0.1, 0.15) is 18.1 Å². The summed E-state index contributed by atoms with van der Waals surface area (Å²) >= 11 is 0. The van der Waals surface area contributed by atoms with Crippen LogP contribution >= 0.6 is 0 Å². The number of benzene rings is 2. The Kier molecular flexibility index (Phi) is 7.28. The van der Waals surface area contributed by atoms with Crippen molar-refractivity contribution in [3.05, 3.63) is 115 Å². The number of hydrogen-bond donors (Lipinski definition) is 1. The molecule has 2 aromatic rings. The van der Waals surface area contributed by atoms with E-state index in [0.717, 1.165) is 17.2 Å². The first kappa shape index (κ1) is 20.6. The number of amides is 1. The first-order valence-electron chi connectivity index (χ1n) is 8.62. The molecule has 0 aromatic heterocycles. The second-order valence-electron chi connectivity index (χ2n) is 5.89. The summed E-state index contributed by atoms with van der Waals surface area (Å²) in [5.41, 5.74) is 2.34. The summed E-state index contributed by atoms with van der Waals surface area (Å²) in [6, 6.07) is 16.5. The van der Waals surface area contributed by atoms with Crippen molar-refractivity contribution in [3.8, 4) is 0 Å². The van der Waals surface area contributed by atoms with Crippen LogP contribution in [0.3, 0.4) is 0 Å². The Bertz CT molecular complexity index is 938. The molecule has 28 heavy (non-hydrogen) atoms. The molecule has 4 heteroatoms. The minimum atomic E-state index is -0.689. The van der Waals surface area contributed by atoms with Gasteiger partial charge in [0.2, 0.25) is 0 Å². The van der Waals surface area contributed by atoms with Gasteiger partial charge in [0.1, 0.15) is 17.3 Å². The average Bonchev–Trinajstić information content (AvgIpc) is 2.68. The van der Waals surface area contributed by atoms with Crippen LogP contribution in [0.4, 0.5) is 10.1 Å². The zero-order valence-electron chi connectivity index (χ0n) is 15.7. The molecule has 1 N–H and O–H groups in total. The van der Waals surface area contributed by atoms with Gasteiger partial charge in [0.05, 0.1) is 0 Å². The van der Waals surface area contributed by atoms with E-state index in [1.54, 1.807) is 37.3 Å². The Hall–Kier alpha value is -3.66. The molecular formula is C24H22FNO2. The highest BCUT2D eigenvalue weighted by Gasteiger charge is 2.09. The number of anilines is 1. The van der Waals surface area contributed by atoms with E-state index in [2.05, 4.69) is 25.1 Å². The molecule has 3 nitrogen and oxygen atoms in total. The monoisotopic (exact) mass is 375 g/mol. The Labute approximate surface area is 164 Å². The van der Waals surface area contributed by atoms with E-state index in [1.165, 1.54) is 6.08 Å². The highest BCUT2D eigenvalue weighted by Crippen LogP contribution is 2.24. The fourth-order valence-corrected chi connectivity index (χ4v) is 2.37. The van der Waals surface area contributed by atoms with Crippen molar-refractivity contribution in [2.75, 3.05) is 5.32 Å². The van der Waals surface area contributed by atoms with Gasteiger partial charge in [-0.1, -0.05) is 62.2 Å². The zero-order chi connectivity index (χ0) is 20.5. The topological polar surface area (TPSA) is 38.3 Å². The van der Waals surface area contributed by atoms with Crippen LogP contribution in [-0.2, 0) is 9.53 Å². The Morgan fingerprint density at radius 3 is 2.07 bits per heavy atom. The van der Waals surface area contributed by atoms with E-state index in [9.17, 15) is 9.18 Å². The Morgan fingerprint density at radius 1 is 0.964 bits per heavy atom. The zero-order valence-corrected chi connectivity index (χ0v) is 15.7. The molecule has 0 unspecified atom stereocenters. The van der Waals surface area contributed by atoms with Gasteiger partial charge in [0.25, 0.3) is 5.91 Å². The van der Waals surface area contributed by atoms with E-state index in [0.29, 0.717) is 17.2 Å². The van der Waals surface area contributed by atoms with Crippen LogP contribution in [0, 0.1) is 0 Å². The third kappa shape index (κ3) is 5.95. The standard InChI is InChI=1S/C24H22FNO2/c1-5-9-22(16-17(2)25)24(27)26-23-14-12-21(13-15-23)19(4)28-18(3)20-10-7-6-8-11-20/h5-16H,2-4H2,1H3,(H,26,27)/b9-5?,22-16+. The van der Waals surface area contributed by atoms with E-state index in [1.807, 2.05) is 30.3 Å². The van der Waals surface area contributed by atoms with Gasteiger partial charge in [-0.2, -0.15) is 0 Å². The van der Waals surface area contributed by atoms with Gasteiger partial charge in [-0.15, -0.1) is 0 Å². The minimum absolute atomic E-state index is 0.172. The lowest BCUT2D eigenvalue weighted by Gasteiger charge is -2.12. The van der Waals surface area contributed by atoms with Crippen LogP contribution < -0.4 is 5.32 Å². The number of rotatable bonds is 8. The lowest BCUT2D eigenvalue weighted by Crippen LogP contribution is -2.13. The van der Waals surface area contributed by atoms with E-state index >= 15 is 0 Å². The summed E-state index contributed by atoms with van der Waals surface area (Å²) in [6.45, 7) is 12.7. The van der Waals surface area contributed by atoms with Crippen LogP contribution in [0.25, 0.3) is 11.5 Å². The van der Waals surface area contributed by atoms with Gasteiger partial charge < -0.3 is 10.1 Å². The first-order chi connectivity index (χ1) is 13.4. The first-order valence-corrected chi connectivity index (χ1v) is 8.62. The molecule has 0 bridgehead atoms. The maximum atomic E-state index is 13.0. The van der Waals surface area contributed by atoms with Crippen molar-refractivity contribution in [2.24, 2.45) is 0 Å². The molecule has 0 aliphatic heterocycles. The molecule has 0 spiro atoms. The molecule has 1 amide bonds. The molecule has 0 radical (unpaired) electrons. The number of halogens is 1. The maximum Gasteiger partial charge on any atom is 0.255 e. The summed E-state index contributed by atoms with van der Waals surface area (Å²) in [7, 11) is 0. The molecule has 0 saturated heterocycles. The number of hydrogen-bond acceptors (Lipinski definition) is 2. The molecule has 142 valence electrons. The number of ether oxygens (including phenoxy) is 1. The Balaban J connectivity index is 2.04. The molecular weight excluding hydrogens is 353 g/mol. The second-order valence-corrected chi connectivity index (χ2v) is 5.89. The number of nitrogens with one attached hydrogen (secondary N) is 1. The normalized spacial score (nSPS) is 11.1. The van der Waals surface area contributed by atoms with E-state index in [-0.39, 0.29) is 5.57 Å².